The van der Waals surface area contributed by atoms with Gasteiger partial charge in [-0.2, -0.15) is 0 Å². The van der Waals surface area contributed by atoms with Crippen molar-refractivity contribution >= 4 is 39.6 Å². The normalized spacial score (nSPS) is 11.7. The molecule has 0 heterocycles. The topological polar surface area (TPSA) is 69.7 Å². The highest BCUT2D eigenvalue weighted by Crippen LogP contribution is 2.29. The Balaban J connectivity index is 1.22. The monoisotopic (exact) mass is 694 g/mol. The van der Waals surface area contributed by atoms with Gasteiger partial charge < -0.3 is 9.47 Å². The third-order valence-electron chi connectivity index (χ3n) is 9.17. The van der Waals surface area contributed by atoms with E-state index in [0.717, 1.165) is 52.5 Å². The van der Waals surface area contributed by atoms with Crippen molar-refractivity contribution in [1.82, 2.24) is 0 Å². The fourth-order valence-corrected chi connectivity index (χ4v) is 6.92. The number of benzene rings is 4. The van der Waals surface area contributed by atoms with E-state index in [2.05, 4.69) is 19.9 Å². The molecule has 4 rings (SSSR count). The van der Waals surface area contributed by atoms with E-state index in [0.29, 0.717) is 23.5 Å². The van der Waals surface area contributed by atoms with Crippen molar-refractivity contribution in [3.8, 4) is 22.6 Å². The van der Waals surface area contributed by atoms with Crippen molar-refractivity contribution in [3.05, 3.63) is 96.1 Å². The molecule has 0 aliphatic heterocycles. The summed E-state index contributed by atoms with van der Waals surface area (Å²) in [5, 5.41) is 2.15. The van der Waals surface area contributed by atoms with Crippen LogP contribution in [-0.4, -0.2) is 22.8 Å². The lowest BCUT2D eigenvalue weighted by Crippen LogP contribution is -2.08. The van der Waals surface area contributed by atoms with E-state index in [4.69, 9.17) is 9.47 Å². The van der Waals surface area contributed by atoms with Crippen LogP contribution in [0.3, 0.4) is 0 Å². The van der Waals surface area contributed by atoms with E-state index in [-0.39, 0.29) is 17.0 Å². The third kappa shape index (κ3) is 12.8. The first kappa shape index (κ1) is 38.9. The molecule has 0 unspecified atom stereocenters. The van der Waals surface area contributed by atoms with Crippen molar-refractivity contribution in [3.63, 3.8) is 0 Å². The summed E-state index contributed by atoms with van der Waals surface area (Å²) >= 11 is 1.44. The maximum absolute atomic E-state index is 13.0. The largest absolute Gasteiger partial charge is 0.427 e. The zero-order chi connectivity index (χ0) is 35.6. The summed E-state index contributed by atoms with van der Waals surface area (Å²) in [6.45, 7) is 6.39. The van der Waals surface area contributed by atoms with Gasteiger partial charge in [-0.25, -0.2) is 4.79 Å². The summed E-state index contributed by atoms with van der Waals surface area (Å²) < 4.78 is 11.3. The van der Waals surface area contributed by atoms with E-state index in [1.807, 2.05) is 67.6 Å². The van der Waals surface area contributed by atoms with Gasteiger partial charge in [-0.05, 0) is 76.7 Å². The van der Waals surface area contributed by atoms with Crippen molar-refractivity contribution in [2.45, 2.75) is 117 Å². The van der Waals surface area contributed by atoms with E-state index in [9.17, 15) is 14.4 Å². The second kappa shape index (κ2) is 21.3. The maximum atomic E-state index is 13.0. The molecule has 0 radical (unpaired) electrons. The van der Waals surface area contributed by atoms with Crippen molar-refractivity contribution in [2.75, 3.05) is 5.75 Å². The smallest absolute Gasteiger partial charge is 0.343 e. The van der Waals surface area contributed by atoms with Gasteiger partial charge in [-0.15, -0.1) is 0 Å². The Bertz CT molecular complexity index is 1640. The van der Waals surface area contributed by atoms with E-state index in [1.165, 1.54) is 76.0 Å². The number of fused-ring (bicyclic) bond motifs is 1. The number of esters is 2. The molecule has 0 saturated carbocycles. The summed E-state index contributed by atoms with van der Waals surface area (Å²) in [4.78, 5) is 38.0. The lowest BCUT2D eigenvalue weighted by atomic mass is 9.98. The Labute approximate surface area is 303 Å². The minimum absolute atomic E-state index is 0.175. The van der Waals surface area contributed by atoms with Crippen molar-refractivity contribution < 1.29 is 23.9 Å². The molecule has 266 valence electrons. The highest BCUT2D eigenvalue weighted by Gasteiger charge is 2.17. The highest BCUT2D eigenvalue weighted by molar-refractivity contribution is 8.13. The summed E-state index contributed by atoms with van der Waals surface area (Å²) in [7, 11) is 0. The highest BCUT2D eigenvalue weighted by atomic mass is 32.2. The predicted molar refractivity (Wildman–Crippen MR) is 208 cm³/mol. The molecule has 0 N–H and O–H groups in total. The first-order valence-corrected chi connectivity index (χ1v) is 19.7. The van der Waals surface area contributed by atoms with Gasteiger partial charge in [0.2, 0.25) is 0 Å². The Kier molecular flexibility index (Phi) is 16.6. The fraction of sp³-hybridized carbons (Fsp3) is 0.432. The SMILES string of the molecule is CCCCCCCCCCCC(=O)Oc1ccc(-c2ccc(C(=O)Oc3ccc4cc([C@H](C)C(=O)SCCCCCC)ccc4c3)cc2)cc1. The minimum atomic E-state index is -0.433. The summed E-state index contributed by atoms with van der Waals surface area (Å²) in [6, 6.07) is 26.3. The van der Waals surface area contributed by atoms with Crippen LogP contribution in [0.5, 0.6) is 11.5 Å². The molecule has 4 aromatic rings. The Morgan fingerprint density at radius 2 is 1.12 bits per heavy atom. The van der Waals surface area contributed by atoms with Gasteiger partial charge in [-0.3, -0.25) is 9.59 Å². The van der Waals surface area contributed by atoms with Crippen LogP contribution in [0.25, 0.3) is 21.9 Å². The summed E-state index contributed by atoms with van der Waals surface area (Å²) in [5.41, 5.74) is 3.34. The molecule has 0 bridgehead atoms. The van der Waals surface area contributed by atoms with Crippen LogP contribution >= 0.6 is 11.8 Å². The number of unbranched alkanes of at least 4 members (excludes halogenated alkanes) is 11. The number of carbonyl (C=O) groups excluding carboxylic acids is 3. The van der Waals surface area contributed by atoms with Crippen LogP contribution in [0.4, 0.5) is 0 Å². The Morgan fingerprint density at radius 3 is 1.78 bits per heavy atom. The first-order chi connectivity index (χ1) is 24.4. The minimum Gasteiger partial charge on any atom is -0.427 e. The molecule has 0 spiro atoms. The van der Waals surface area contributed by atoms with Gasteiger partial charge in [-0.1, -0.05) is 152 Å². The van der Waals surface area contributed by atoms with Crippen molar-refractivity contribution in [2.24, 2.45) is 0 Å². The van der Waals surface area contributed by atoms with Gasteiger partial charge in [0, 0.05) is 12.2 Å². The van der Waals surface area contributed by atoms with Gasteiger partial charge in [0.15, 0.2) is 5.12 Å². The number of carbonyl (C=O) groups is 3. The van der Waals surface area contributed by atoms with E-state index in [1.54, 1.807) is 18.2 Å². The van der Waals surface area contributed by atoms with Gasteiger partial charge in [0.05, 0.1) is 11.5 Å². The van der Waals surface area contributed by atoms with Crippen LogP contribution in [0.1, 0.15) is 133 Å². The quantitative estimate of drug-likeness (QED) is 0.0491. The fourth-order valence-electron chi connectivity index (χ4n) is 5.98. The third-order valence-corrected chi connectivity index (χ3v) is 10.3. The Hall–Kier alpha value is -3.90. The van der Waals surface area contributed by atoms with Crippen LogP contribution in [-0.2, 0) is 9.59 Å². The molecule has 1 atom stereocenters. The van der Waals surface area contributed by atoms with Gasteiger partial charge in [0.25, 0.3) is 0 Å². The zero-order valence-corrected chi connectivity index (χ0v) is 31.0. The molecular weight excluding hydrogens is 641 g/mol. The number of thioether (sulfide) groups is 1. The van der Waals surface area contributed by atoms with Gasteiger partial charge >= 0.3 is 11.9 Å². The average molecular weight is 695 g/mol. The lowest BCUT2D eigenvalue weighted by molar-refractivity contribution is -0.134. The molecule has 0 fully saturated rings. The van der Waals surface area contributed by atoms with E-state index >= 15 is 0 Å². The summed E-state index contributed by atoms with van der Waals surface area (Å²) in [5.74, 6) is 1.08. The number of hydrogen-bond acceptors (Lipinski definition) is 6. The molecule has 0 saturated heterocycles. The Morgan fingerprint density at radius 1 is 0.580 bits per heavy atom. The lowest BCUT2D eigenvalue weighted by Gasteiger charge is -2.12. The zero-order valence-electron chi connectivity index (χ0n) is 30.2. The molecule has 0 aromatic heterocycles. The number of ether oxygens (including phenoxy) is 2. The average Bonchev–Trinajstić information content (AvgIpc) is 3.13. The predicted octanol–water partition coefficient (Wildman–Crippen LogP) is 12.5. The standard InChI is InChI=1S/C44H54O5S/c1-4-6-8-10-11-12-13-14-15-17-42(45)48-40-27-24-35(25-28-40)34-18-20-36(21-19-34)43(46)49-41-29-26-38-31-37(22-23-39(38)32-41)33(3)44(47)50-30-16-9-7-5-2/h18-29,31-33H,4-17,30H2,1-3H3/t33-/m0/s1. The molecule has 4 aromatic carbocycles. The van der Waals surface area contributed by atoms with Crippen LogP contribution in [0, 0.1) is 0 Å². The second-order valence-electron chi connectivity index (χ2n) is 13.3. The first-order valence-electron chi connectivity index (χ1n) is 18.7. The van der Waals surface area contributed by atoms with Crippen LogP contribution < -0.4 is 9.47 Å². The molecule has 0 aliphatic carbocycles. The van der Waals surface area contributed by atoms with Crippen LogP contribution in [0.15, 0.2) is 84.9 Å². The van der Waals surface area contributed by atoms with Crippen LogP contribution in [0.2, 0.25) is 0 Å². The summed E-state index contributed by atoms with van der Waals surface area (Å²) in [6.07, 6.45) is 16.0. The molecular formula is C44H54O5S. The molecule has 0 aliphatic rings. The molecule has 0 amide bonds. The molecule has 50 heavy (non-hydrogen) atoms. The van der Waals surface area contributed by atoms with Gasteiger partial charge in [0.1, 0.15) is 11.5 Å². The maximum Gasteiger partial charge on any atom is 0.343 e. The number of rotatable bonds is 21. The number of hydrogen-bond donors (Lipinski definition) is 0. The second-order valence-corrected chi connectivity index (χ2v) is 14.4. The van der Waals surface area contributed by atoms with Crippen molar-refractivity contribution in [1.29, 1.82) is 0 Å². The molecule has 5 nitrogen and oxygen atoms in total. The molecule has 6 heteroatoms. The van der Waals surface area contributed by atoms with E-state index < -0.39 is 5.97 Å².